The summed E-state index contributed by atoms with van der Waals surface area (Å²) in [5.41, 5.74) is 1.01. The van der Waals surface area contributed by atoms with Crippen molar-refractivity contribution >= 4 is 17.4 Å². The van der Waals surface area contributed by atoms with Crippen molar-refractivity contribution in [3.8, 4) is 0 Å². The molecule has 0 aliphatic carbocycles. The standard InChI is InChI=1S/C11H12N4O2S/c1-8(18-11-13-12-7-14(11)2)9-4-3-5-10(6-9)15(16)17/h3-8H,1-2H3/t8-/m0/s1. The van der Waals surface area contributed by atoms with E-state index in [4.69, 9.17) is 0 Å². The average molecular weight is 264 g/mol. The Morgan fingerprint density at radius 2 is 2.28 bits per heavy atom. The summed E-state index contributed by atoms with van der Waals surface area (Å²) >= 11 is 1.52. The highest BCUT2D eigenvalue weighted by atomic mass is 32.2. The third kappa shape index (κ3) is 2.67. The van der Waals surface area contributed by atoms with Gasteiger partial charge in [0.05, 0.1) is 4.92 Å². The van der Waals surface area contributed by atoms with Crippen molar-refractivity contribution < 1.29 is 4.92 Å². The smallest absolute Gasteiger partial charge is 0.269 e. The molecule has 2 rings (SSSR count). The number of benzene rings is 1. The lowest BCUT2D eigenvalue weighted by Crippen LogP contribution is -1.95. The number of hydrogen-bond donors (Lipinski definition) is 0. The van der Waals surface area contributed by atoms with Crippen LogP contribution in [0, 0.1) is 10.1 Å². The Bertz CT molecular complexity index is 570. The number of non-ortho nitro benzene ring substituents is 1. The minimum Gasteiger partial charge on any atom is -0.312 e. The lowest BCUT2D eigenvalue weighted by atomic mass is 10.1. The number of nitro groups is 1. The third-order valence-electron chi connectivity index (χ3n) is 2.50. The van der Waals surface area contributed by atoms with Crippen LogP contribution in [-0.2, 0) is 7.05 Å². The number of hydrogen-bond acceptors (Lipinski definition) is 5. The maximum atomic E-state index is 10.7. The monoisotopic (exact) mass is 264 g/mol. The van der Waals surface area contributed by atoms with Gasteiger partial charge < -0.3 is 4.57 Å². The normalized spacial score (nSPS) is 12.3. The first kappa shape index (κ1) is 12.6. The molecule has 1 heterocycles. The summed E-state index contributed by atoms with van der Waals surface area (Å²) in [6.07, 6.45) is 1.63. The van der Waals surface area contributed by atoms with Gasteiger partial charge in [-0.2, -0.15) is 0 Å². The van der Waals surface area contributed by atoms with Crippen LogP contribution in [0.15, 0.2) is 35.7 Å². The molecule has 1 aromatic heterocycles. The van der Waals surface area contributed by atoms with Crippen LogP contribution in [0.3, 0.4) is 0 Å². The molecule has 0 saturated carbocycles. The van der Waals surface area contributed by atoms with Gasteiger partial charge >= 0.3 is 0 Å². The fourth-order valence-corrected chi connectivity index (χ4v) is 2.40. The van der Waals surface area contributed by atoms with Crippen LogP contribution in [-0.4, -0.2) is 19.7 Å². The van der Waals surface area contributed by atoms with Gasteiger partial charge in [0, 0.05) is 24.4 Å². The summed E-state index contributed by atoms with van der Waals surface area (Å²) in [6, 6.07) is 6.65. The van der Waals surface area contributed by atoms with Crippen molar-refractivity contribution in [3.63, 3.8) is 0 Å². The molecular weight excluding hydrogens is 252 g/mol. The SMILES string of the molecule is C[C@H](Sc1nncn1C)c1cccc([N+](=O)[O-])c1. The molecule has 0 radical (unpaired) electrons. The fraction of sp³-hybridized carbons (Fsp3) is 0.273. The number of nitrogens with zero attached hydrogens (tertiary/aromatic N) is 4. The topological polar surface area (TPSA) is 73.8 Å². The van der Waals surface area contributed by atoms with E-state index in [1.807, 2.05) is 24.6 Å². The number of rotatable bonds is 4. The van der Waals surface area contributed by atoms with Gasteiger partial charge in [-0.25, -0.2) is 0 Å². The highest BCUT2D eigenvalue weighted by Crippen LogP contribution is 2.34. The van der Waals surface area contributed by atoms with Crippen molar-refractivity contribution in [2.45, 2.75) is 17.3 Å². The molecule has 6 nitrogen and oxygen atoms in total. The maximum absolute atomic E-state index is 10.7. The molecule has 0 spiro atoms. The van der Waals surface area contributed by atoms with Gasteiger partial charge in [0.2, 0.25) is 0 Å². The Labute approximate surface area is 108 Å². The molecule has 0 amide bonds. The van der Waals surface area contributed by atoms with E-state index in [1.54, 1.807) is 18.5 Å². The van der Waals surface area contributed by atoms with Crippen molar-refractivity contribution in [1.29, 1.82) is 0 Å². The van der Waals surface area contributed by atoms with Gasteiger partial charge in [0.25, 0.3) is 5.69 Å². The Kier molecular flexibility index (Phi) is 3.61. The van der Waals surface area contributed by atoms with Crippen LogP contribution in [0.25, 0.3) is 0 Å². The zero-order valence-corrected chi connectivity index (χ0v) is 10.8. The second kappa shape index (κ2) is 5.18. The zero-order chi connectivity index (χ0) is 13.1. The summed E-state index contributed by atoms with van der Waals surface area (Å²) in [6.45, 7) is 1.98. The van der Waals surface area contributed by atoms with Crippen LogP contribution < -0.4 is 0 Å². The second-order valence-corrected chi connectivity index (χ2v) is 5.14. The lowest BCUT2D eigenvalue weighted by Gasteiger charge is -2.10. The number of aryl methyl sites for hydroxylation is 1. The van der Waals surface area contributed by atoms with Gasteiger partial charge in [0.15, 0.2) is 5.16 Å². The largest absolute Gasteiger partial charge is 0.312 e. The minimum atomic E-state index is -0.386. The molecule has 0 bridgehead atoms. The van der Waals surface area contributed by atoms with E-state index in [0.29, 0.717) is 0 Å². The van der Waals surface area contributed by atoms with Crippen molar-refractivity contribution in [3.05, 3.63) is 46.3 Å². The molecule has 0 N–H and O–H groups in total. The van der Waals surface area contributed by atoms with E-state index in [2.05, 4.69) is 10.2 Å². The minimum absolute atomic E-state index is 0.0767. The van der Waals surface area contributed by atoms with E-state index in [9.17, 15) is 10.1 Å². The summed E-state index contributed by atoms with van der Waals surface area (Å²) in [7, 11) is 1.86. The molecule has 0 aliphatic rings. The first-order valence-corrected chi connectivity index (χ1v) is 6.21. The van der Waals surface area contributed by atoms with Gasteiger partial charge in [-0.05, 0) is 12.5 Å². The first-order chi connectivity index (χ1) is 8.58. The molecule has 2 aromatic rings. The van der Waals surface area contributed by atoms with E-state index in [0.717, 1.165) is 10.7 Å². The first-order valence-electron chi connectivity index (χ1n) is 5.33. The van der Waals surface area contributed by atoms with Crippen LogP contribution >= 0.6 is 11.8 Å². The molecule has 1 atom stereocenters. The Morgan fingerprint density at radius 1 is 1.50 bits per heavy atom. The molecule has 0 saturated heterocycles. The Hall–Kier alpha value is -1.89. The predicted octanol–water partition coefficient (Wildman–Crippen LogP) is 2.58. The predicted molar refractivity (Wildman–Crippen MR) is 68.4 cm³/mol. The van der Waals surface area contributed by atoms with Gasteiger partial charge in [-0.3, -0.25) is 10.1 Å². The third-order valence-corrected chi connectivity index (χ3v) is 3.71. The van der Waals surface area contributed by atoms with Gasteiger partial charge in [-0.15, -0.1) is 10.2 Å². The number of aromatic nitrogens is 3. The lowest BCUT2D eigenvalue weighted by molar-refractivity contribution is -0.384. The molecule has 18 heavy (non-hydrogen) atoms. The molecule has 0 fully saturated rings. The highest BCUT2D eigenvalue weighted by molar-refractivity contribution is 7.99. The number of nitro benzene ring substituents is 1. The summed E-state index contributed by atoms with van der Waals surface area (Å²) in [5, 5.41) is 19.4. The van der Waals surface area contributed by atoms with Crippen molar-refractivity contribution in [1.82, 2.24) is 14.8 Å². The quantitative estimate of drug-likeness (QED) is 0.482. The highest BCUT2D eigenvalue weighted by Gasteiger charge is 2.14. The van der Waals surface area contributed by atoms with Gasteiger partial charge in [0.1, 0.15) is 6.33 Å². The average Bonchev–Trinajstić information content (AvgIpc) is 2.75. The molecular formula is C11H12N4O2S. The zero-order valence-electron chi connectivity index (χ0n) is 9.98. The van der Waals surface area contributed by atoms with E-state index >= 15 is 0 Å². The molecule has 94 valence electrons. The van der Waals surface area contributed by atoms with E-state index in [-0.39, 0.29) is 15.9 Å². The molecule has 0 unspecified atom stereocenters. The van der Waals surface area contributed by atoms with Gasteiger partial charge in [-0.1, -0.05) is 23.9 Å². The summed E-state index contributed by atoms with van der Waals surface area (Å²) in [4.78, 5) is 10.3. The Morgan fingerprint density at radius 3 is 2.89 bits per heavy atom. The Balaban J connectivity index is 2.18. The maximum Gasteiger partial charge on any atom is 0.269 e. The second-order valence-electron chi connectivity index (χ2n) is 3.84. The molecule has 7 heteroatoms. The molecule has 1 aromatic carbocycles. The fourth-order valence-electron chi connectivity index (χ4n) is 1.50. The van der Waals surface area contributed by atoms with Crippen LogP contribution in [0.2, 0.25) is 0 Å². The van der Waals surface area contributed by atoms with E-state index in [1.165, 1.54) is 17.8 Å². The summed E-state index contributed by atoms with van der Waals surface area (Å²) in [5.74, 6) is 0. The van der Waals surface area contributed by atoms with Crippen LogP contribution in [0.1, 0.15) is 17.7 Å². The van der Waals surface area contributed by atoms with Crippen LogP contribution in [0.4, 0.5) is 5.69 Å². The van der Waals surface area contributed by atoms with Crippen molar-refractivity contribution in [2.75, 3.05) is 0 Å². The van der Waals surface area contributed by atoms with E-state index < -0.39 is 0 Å². The summed E-state index contributed by atoms with van der Waals surface area (Å²) < 4.78 is 1.82. The van der Waals surface area contributed by atoms with Crippen LogP contribution in [0.5, 0.6) is 0 Å². The number of thioether (sulfide) groups is 1. The van der Waals surface area contributed by atoms with Crippen molar-refractivity contribution in [2.24, 2.45) is 7.05 Å². The molecule has 0 aliphatic heterocycles.